The number of anilines is 1. The Morgan fingerprint density at radius 3 is 2.61 bits per heavy atom. The minimum Gasteiger partial charge on any atom is -0.497 e. The summed E-state index contributed by atoms with van der Waals surface area (Å²) in [6.07, 6.45) is 0. The number of thioether (sulfide) groups is 1. The number of methoxy groups -OCH3 is 1. The van der Waals surface area contributed by atoms with Crippen molar-refractivity contribution in [1.29, 1.82) is 0 Å². The average molecular weight is 452 g/mol. The van der Waals surface area contributed by atoms with Crippen LogP contribution >= 0.6 is 23.1 Å². The van der Waals surface area contributed by atoms with E-state index in [1.54, 1.807) is 23.3 Å². The Morgan fingerprint density at radius 1 is 1.10 bits per heavy atom. The zero-order valence-corrected chi connectivity index (χ0v) is 18.8. The van der Waals surface area contributed by atoms with Crippen LogP contribution in [0.2, 0.25) is 0 Å². The van der Waals surface area contributed by atoms with Gasteiger partial charge >= 0.3 is 0 Å². The molecule has 2 aromatic heterocycles. The summed E-state index contributed by atoms with van der Waals surface area (Å²) >= 11 is 2.86. The first kappa shape index (κ1) is 21.1. The number of amides is 1. The molecule has 6 nitrogen and oxygen atoms in total. The first-order valence-electron chi connectivity index (χ1n) is 9.63. The Labute approximate surface area is 188 Å². The molecule has 0 N–H and O–H groups in total. The van der Waals surface area contributed by atoms with E-state index >= 15 is 0 Å². The summed E-state index contributed by atoms with van der Waals surface area (Å²) in [6, 6.07) is 19.3. The lowest BCUT2D eigenvalue weighted by Crippen LogP contribution is -2.31. The largest absolute Gasteiger partial charge is 0.497 e. The van der Waals surface area contributed by atoms with E-state index in [-0.39, 0.29) is 11.7 Å². The van der Waals surface area contributed by atoms with E-state index in [0.29, 0.717) is 17.7 Å². The van der Waals surface area contributed by atoms with Gasteiger partial charge < -0.3 is 14.1 Å². The Bertz CT molecular complexity index is 1140. The number of rotatable bonds is 8. The molecule has 0 saturated carbocycles. The highest BCUT2D eigenvalue weighted by molar-refractivity contribution is 7.99. The van der Waals surface area contributed by atoms with Gasteiger partial charge in [-0.3, -0.25) is 4.79 Å². The number of carbonyl (C=O) groups is 1. The fraction of sp³-hybridized carbons (Fsp3) is 0.174. The van der Waals surface area contributed by atoms with Crippen molar-refractivity contribution in [3.05, 3.63) is 76.5 Å². The lowest BCUT2D eigenvalue weighted by atomic mass is 10.1. The maximum absolute atomic E-state index is 13.1. The van der Waals surface area contributed by atoms with Gasteiger partial charge in [0, 0.05) is 16.1 Å². The average Bonchev–Trinajstić information content (AvgIpc) is 3.48. The number of aromatic nitrogens is 2. The number of ether oxygens (including phenoxy) is 1. The number of benzene rings is 2. The molecule has 31 heavy (non-hydrogen) atoms. The zero-order chi connectivity index (χ0) is 21.6. The SMILES string of the molecule is COc1ccc(N(Cc2cccs2)C(=O)CSc2nnc(-c3ccccc3C)o2)cc1. The van der Waals surface area contributed by atoms with Crippen LogP contribution in [0.15, 0.2) is 75.7 Å². The van der Waals surface area contributed by atoms with Gasteiger partial charge in [-0.05, 0) is 54.3 Å². The van der Waals surface area contributed by atoms with Gasteiger partial charge in [0.15, 0.2) is 0 Å². The number of hydrogen-bond donors (Lipinski definition) is 0. The van der Waals surface area contributed by atoms with Gasteiger partial charge in [-0.15, -0.1) is 21.5 Å². The third-order valence-electron chi connectivity index (χ3n) is 4.68. The monoisotopic (exact) mass is 451 g/mol. The normalized spacial score (nSPS) is 10.8. The molecule has 158 valence electrons. The zero-order valence-electron chi connectivity index (χ0n) is 17.1. The summed E-state index contributed by atoms with van der Waals surface area (Å²) in [7, 11) is 1.62. The lowest BCUT2D eigenvalue weighted by Gasteiger charge is -2.22. The van der Waals surface area contributed by atoms with Crippen LogP contribution < -0.4 is 9.64 Å². The van der Waals surface area contributed by atoms with Crippen LogP contribution in [0.3, 0.4) is 0 Å². The summed E-state index contributed by atoms with van der Waals surface area (Å²) in [5.41, 5.74) is 2.76. The Morgan fingerprint density at radius 2 is 1.90 bits per heavy atom. The first-order chi connectivity index (χ1) is 15.1. The summed E-state index contributed by atoms with van der Waals surface area (Å²) in [6.45, 7) is 2.49. The second-order valence-electron chi connectivity index (χ2n) is 6.73. The molecule has 4 rings (SSSR count). The third-order valence-corrected chi connectivity index (χ3v) is 6.34. The van der Waals surface area contributed by atoms with Crippen molar-refractivity contribution in [2.75, 3.05) is 17.8 Å². The standard InChI is InChI=1S/C23H21N3O3S2/c1-16-6-3-4-8-20(16)22-24-25-23(29-22)31-15-21(27)26(14-19-7-5-13-30-19)17-9-11-18(28-2)12-10-17/h3-13H,14-15H2,1-2H3. The van der Waals surface area contributed by atoms with Crippen molar-refractivity contribution in [1.82, 2.24) is 10.2 Å². The molecule has 2 aromatic carbocycles. The molecular weight excluding hydrogens is 430 g/mol. The molecule has 1 amide bonds. The maximum Gasteiger partial charge on any atom is 0.277 e. The van der Waals surface area contributed by atoms with Crippen molar-refractivity contribution in [2.24, 2.45) is 0 Å². The summed E-state index contributed by atoms with van der Waals surface area (Å²) in [5, 5.41) is 10.6. The molecular formula is C23H21N3O3S2. The van der Waals surface area contributed by atoms with Gasteiger partial charge in [-0.25, -0.2) is 0 Å². The second-order valence-corrected chi connectivity index (χ2v) is 8.69. The van der Waals surface area contributed by atoms with Crippen molar-refractivity contribution in [2.45, 2.75) is 18.7 Å². The Kier molecular flexibility index (Phi) is 6.69. The van der Waals surface area contributed by atoms with Gasteiger partial charge in [0.1, 0.15) is 5.75 Å². The van der Waals surface area contributed by atoms with Gasteiger partial charge in [-0.1, -0.05) is 36.0 Å². The molecule has 4 aromatic rings. The smallest absolute Gasteiger partial charge is 0.277 e. The topological polar surface area (TPSA) is 68.5 Å². The predicted octanol–water partition coefficient (Wildman–Crippen LogP) is 5.44. The predicted molar refractivity (Wildman–Crippen MR) is 124 cm³/mol. The molecule has 0 aliphatic rings. The minimum atomic E-state index is -0.0424. The van der Waals surface area contributed by atoms with Gasteiger partial charge in [0.25, 0.3) is 5.22 Å². The van der Waals surface area contributed by atoms with E-state index < -0.39 is 0 Å². The van der Waals surface area contributed by atoms with E-state index in [4.69, 9.17) is 9.15 Å². The van der Waals surface area contributed by atoms with Crippen LogP contribution in [0, 0.1) is 6.92 Å². The molecule has 0 radical (unpaired) electrons. The van der Waals surface area contributed by atoms with Crippen molar-refractivity contribution >= 4 is 34.7 Å². The molecule has 8 heteroatoms. The fourth-order valence-electron chi connectivity index (χ4n) is 3.04. The van der Waals surface area contributed by atoms with E-state index in [2.05, 4.69) is 10.2 Å². The van der Waals surface area contributed by atoms with Crippen molar-refractivity contribution in [3.8, 4) is 17.2 Å². The third kappa shape index (κ3) is 5.15. The quantitative estimate of drug-likeness (QED) is 0.332. The van der Waals surface area contributed by atoms with Crippen LogP contribution in [0.4, 0.5) is 5.69 Å². The van der Waals surface area contributed by atoms with Gasteiger partial charge in [-0.2, -0.15) is 0 Å². The lowest BCUT2D eigenvalue weighted by molar-refractivity contribution is -0.116. The molecule has 2 heterocycles. The molecule has 0 saturated heterocycles. The van der Waals surface area contributed by atoms with Gasteiger partial charge in [0.05, 0.1) is 19.4 Å². The maximum atomic E-state index is 13.1. The van der Waals surface area contributed by atoms with Crippen molar-refractivity contribution in [3.63, 3.8) is 0 Å². The Hall–Kier alpha value is -3.10. The van der Waals surface area contributed by atoms with E-state index in [9.17, 15) is 4.79 Å². The first-order valence-corrected chi connectivity index (χ1v) is 11.5. The molecule has 0 aliphatic heterocycles. The van der Waals surface area contributed by atoms with E-state index in [1.807, 2.05) is 73.0 Å². The molecule has 0 fully saturated rings. The highest BCUT2D eigenvalue weighted by atomic mass is 32.2. The summed E-state index contributed by atoms with van der Waals surface area (Å²) in [4.78, 5) is 16.0. The van der Waals surface area contributed by atoms with Gasteiger partial charge in [0.2, 0.25) is 11.8 Å². The van der Waals surface area contributed by atoms with Crippen LogP contribution in [0.5, 0.6) is 5.75 Å². The highest BCUT2D eigenvalue weighted by Crippen LogP contribution is 2.27. The number of carbonyl (C=O) groups excluding carboxylic acids is 1. The summed E-state index contributed by atoms with van der Waals surface area (Å²) < 4.78 is 11.0. The number of thiophene rings is 1. The molecule has 0 aliphatic carbocycles. The van der Waals surface area contributed by atoms with E-state index in [0.717, 1.165) is 27.4 Å². The molecule has 0 atom stereocenters. The van der Waals surface area contributed by atoms with Crippen LogP contribution in [-0.2, 0) is 11.3 Å². The summed E-state index contributed by atoms with van der Waals surface area (Å²) in [5.74, 6) is 1.35. The number of hydrogen-bond acceptors (Lipinski definition) is 7. The van der Waals surface area contributed by atoms with Crippen LogP contribution in [-0.4, -0.2) is 29.0 Å². The minimum absolute atomic E-state index is 0.0424. The van der Waals surface area contributed by atoms with Crippen LogP contribution in [0.1, 0.15) is 10.4 Å². The molecule has 0 unspecified atom stereocenters. The Balaban J connectivity index is 1.48. The number of nitrogens with zero attached hydrogens (tertiary/aromatic N) is 3. The highest BCUT2D eigenvalue weighted by Gasteiger charge is 2.19. The fourth-order valence-corrected chi connectivity index (χ4v) is 4.37. The van der Waals surface area contributed by atoms with E-state index in [1.165, 1.54) is 11.8 Å². The van der Waals surface area contributed by atoms with Crippen LogP contribution in [0.25, 0.3) is 11.5 Å². The molecule has 0 spiro atoms. The second kappa shape index (κ2) is 9.80. The molecule has 0 bridgehead atoms. The number of aryl methyl sites for hydroxylation is 1. The van der Waals surface area contributed by atoms with Crippen molar-refractivity contribution < 1.29 is 13.9 Å².